The van der Waals surface area contributed by atoms with Gasteiger partial charge in [-0.1, -0.05) is 65.5 Å². The zero-order valence-electron chi connectivity index (χ0n) is 19.9. The van der Waals surface area contributed by atoms with Crippen LogP contribution in [0.1, 0.15) is 90.9 Å². The molecule has 0 aromatic rings. The van der Waals surface area contributed by atoms with Gasteiger partial charge in [0.05, 0.1) is 8.07 Å². The van der Waals surface area contributed by atoms with Crippen LogP contribution in [-0.2, 0) is 0 Å². The van der Waals surface area contributed by atoms with E-state index in [2.05, 4.69) is 26.9 Å². The molecule has 0 saturated heterocycles. The lowest BCUT2D eigenvalue weighted by atomic mass is 9.71. The summed E-state index contributed by atoms with van der Waals surface area (Å²) in [5.41, 5.74) is 2.31. The van der Waals surface area contributed by atoms with Crippen molar-refractivity contribution in [2.45, 2.75) is 115 Å². The van der Waals surface area contributed by atoms with Crippen LogP contribution in [0.2, 0.25) is 24.2 Å². The Morgan fingerprint density at radius 2 is 0.862 bits per heavy atom. The van der Waals surface area contributed by atoms with Gasteiger partial charge < -0.3 is 0 Å². The molecule has 29 heavy (non-hydrogen) atoms. The average Bonchev–Trinajstić information content (AvgIpc) is 3.40. The lowest BCUT2D eigenvalue weighted by Gasteiger charge is -2.49. The number of rotatable bonds is 2. The normalized spacial score (nSPS) is 56.7. The highest BCUT2D eigenvalue weighted by molar-refractivity contribution is 6.80. The van der Waals surface area contributed by atoms with E-state index in [0.29, 0.717) is 0 Å². The van der Waals surface area contributed by atoms with E-state index in [1.54, 1.807) is 77.0 Å². The van der Waals surface area contributed by atoms with Crippen molar-refractivity contribution >= 4 is 8.07 Å². The van der Waals surface area contributed by atoms with Crippen molar-refractivity contribution in [1.29, 1.82) is 0 Å². The molecule has 0 N–H and O–H groups in total. The van der Waals surface area contributed by atoms with Gasteiger partial charge in [-0.15, -0.1) is 0 Å². The highest BCUT2D eigenvalue weighted by Gasteiger charge is 2.60. The van der Waals surface area contributed by atoms with E-state index in [4.69, 9.17) is 0 Å². The highest BCUT2D eigenvalue weighted by atomic mass is 28.3. The largest absolute Gasteiger partial charge is 0.0689 e. The number of fused-ring (bicyclic) bond motifs is 4. The smallest absolute Gasteiger partial charge is 0.0546 e. The molecule has 164 valence electrons. The fourth-order valence-corrected chi connectivity index (χ4v) is 18.7. The van der Waals surface area contributed by atoms with Crippen LogP contribution in [0.4, 0.5) is 0 Å². The molecule has 0 aromatic carbocycles. The molecule has 6 saturated carbocycles. The fourth-order valence-electron chi connectivity index (χ4n) is 12.0. The molecule has 6 aliphatic rings. The number of hydrogen-bond donors (Lipinski definition) is 0. The molecule has 0 amide bonds. The van der Waals surface area contributed by atoms with E-state index in [1.165, 1.54) is 0 Å². The van der Waals surface area contributed by atoms with Gasteiger partial charge in [-0.2, -0.15) is 0 Å². The van der Waals surface area contributed by atoms with Crippen LogP contribution in [0, 0.1) is 59.2 Å². The summed E-state index contributed by atoms with van der Waals surface area (Å²) >= 11 is 0. The third-order valence-corrected chi connectivity index (χ3v) is 17.9. The standard InChI is InChI=1S/C28H48Si/c1-17-11-23-13-19-7-5-9-21(19)15-25(23)27(17)29(3,4)28-18(2)12-24-14-20-8-6-10-22(20)16-26(24)28/h17-28H,5-16H2,1-4H3. The summed E-state index contributed by atoms with van der Waals surface area (Å²) in [5, 5.41) is 0. The van der Waals surface area contributed by atoms with Crippen molar-refractivity contribution < 1.29 is 0 Å². The minimum Gasteiger partial charge on any atom is -0.0689 e. The van der Waals surface area contributed by atoms with Crippen molar-refractivity contribution in [1.82, 2.24) is 0 Å². The van der Waals surface area contributed by atoms with Gasteiger partial charge in [0.1, 0.15) is 0 Å². The Labute approximate surface area is 182 Å². The predicted octanol–water partition coefficient (Wildman–Crippen LogP) is 8.40. The Morgan fingerprint density at radius 1 is 0.483 bits per heavy atom. The van der Waals surface area contributed by atoms with Gasteiger partial charge >= 0.3 is 0 Å². The van der Waals surface area contributed by atoms with Gasteiger partial charge in [-0.25, -0.2) is 0 Å². The molecule has 0 aromatic heterocycles. The van der Waals surface area contributed by atoms with Gasteiger partial charge in [0.2, 0.25) is 0 Å². The molecule has 0 aliphatic heterocycles. The van der Waals surface area contributed by atoms with E-state index in [-0.39, 0.29) is 0 Å². The summed E-state index contributed by atoms with van der Waals surface area (Å²) in [7, 11) is -1.27. The molecule has 6 rings (SSSR count). The van der Waals surface area contributed by atoms with Gasteiger partial charge in [-0.3, -0.25) is 0 Å². The van der Waals surface area contributed by atoms with Crippen molar-refractivity contribution in [2.75, 3.05) is 0 Å². The molecule has 0 nitrogen and oxygen atoms in total. The maximum Gasteiger partial charge on any atom is 0.0546 e. The molecule has 0 radical (unpaired) electrons. The first-order valence-corrected chi connectivity index (χ1v) is 17.1. The van der Waals surface area contributed by atoms with E-state index in [9.17, 15) is 0 Å². The monoisotopic (exact) mass is 412 g/mol. The van der Waals surface area contributed by atoms with Gasteiger partial charge in [0.15, 0.2) is 0 Å². The SMILES string of the molecule is CC1CC2CC3CCCC3CC2C1[Si](C)(C)C1C(C)CC2CC3CCCC3CC21. The summed E-state index contributed by atoms with van der Waals surface area (Å²) in [6, 6.07) is 0. The Kier molecular flexibility index (Phi) is 4.87. The summed E-state index contributed by atoms with van der Waals surface area (Å²) < 4.78 is 0. The van der Waals surface area contributed by atoms with Crippen LogP contribution in [0.3, 0.4) is 0 Å². The summed E-state index contributed by atoms with van der Waals surface area (Å²) in [4.78, 5) is 0. The zero-order valence-corrected chi connectivity index (χ0v) is 20.9. The second-order valence-electron chi connectivity index (χ2n) is 14.0. The van der Waals surface area contributed by atoms with Crippen LogP contribution < -0.4 is 0 Å². The van der Waals surface area contributed by atoms with Gasteiger partial charge in [0, 0.05) is 0 Å². The van der Waals surface area contributed by atoms with Gasteiger partial charge in [-0.05, 0) is 109 Å². The van der Waals surface area contributed by atoms with E-state index < -0.39 is 8.07 Å². The predicted molar refractivity (Wildman–Crippen MR) is 127 cm³/mol. The molecule has 0 heterocycles. The van der Waals surface area contributed by atoms with Crippen LogP contribution in [0.15, 0.2) is 0 Å². The van der Waals surface area contributed by atoms with E-state index in [0.717, 1.165) is 70.3 Å². The molecule has 1 heteroatoms. The lowest BCUT2D eigenvalue weighted by Crippen LogP contribution is -2.47. The molecule has 0 spiro atoms. The second-order valence-corrected chi connectivity index (χ2v) is 19.0. The Morgan fingerprint density at radius 3 is 1.28 bits per heavy atom. The third-order valence-electron chi connectivity index (χ3n) is 12.4. The maximum absolute atomic E-state index is 2.92. The second kappa shape index (κ2) is 7.11. The Bertz CT molecular complexity index is 572. The third kappa shape index (κ3) is 3.01. The molecule has 6 fully saturated rings. The van der Waals surface area contributed by atoms with E-state index in [1.807, 2.05) is 0 Å². The Hall–Kier alpha value is 0.217. The topological polar surface area (TPSA) is 0 Å². The first-order chi connectivity index (χ1) is 13.9. The van der Waals surface area contributed by atoms with Crippen molar-refractivity contribution in [3.8, 4) is 0 Å². The highest BCUT2D eigenvalue weighted by Crippen LogP contribution is 2.67. The molecule has 12 unspecified atom stereocenters. The Balaban J connectivity index is 1.27. The van der Waals surface area contributed by atoms with Crippen molar-refractivity contribution in [2.24, 2.45) is 59.2 Å². The van der Waals surface area contributed by atoms with Crippen LogP contribution in [0.5, 0.6) is 0 Å². The number of hydrogen-bond acceptors (Lipinski definition) is 0. The molecule has 12 atom stereocenters. The molecular weight excluding hydrogens is 364 g/mol. The fraction of sp³-hybridized carbons (Fsp3) is 1.00. The van der Waals surface area contributed by atoms with Gasteiger partial charge in [0.25, 0.3) is 0 Å². The van der Waals surface area contributed by atoms with Crippen LogP contribution >= 0.6 is 0 Å². The minimum atomic E-state index is -1.27. The first kappa shape index (κ1) is 19.9. The summed E-state index contributed by atoms with van der Waals surface area (Å²) in [6.07, 6.45) is 19.2. The summed E-state index contributed by atoms with van der Waals surface area (Å²) in [6.45, 7) is 11.3. The van der Waals surface area contributed by atoms with E-state index >= 15 is 0 Å². The maximum atomic E-state index is 2.92. The van der Waals surface area contributed by atoms with Crippen molar-refractivity contribution in [3.05, 3.63) is 0 Å². The first-order valence-electron chi connectivity index (χ1n) is 13.9. The quantitative estimate of drug-likeness (QED) is 0.399. The summed E-state index contributed by atoms with van der Waals surface area (Å²) in [5.74, 6) is 11.2. The minimum absolute atomic E-state index is 1.04. The zero-order chi connectivity index (χ0) is 19.9. The lowest BCUT2D eigenvalue weighted by molar-refractivity contribution is 0.149. The van der Waals surface area contributed by atoms with Crippen LogP contribution in [0.25, 0.3) is 0 Å². The van der Waals surface area contributed by atoms with Crippen LogP contribution in [-0.4, -0.2) is 8.07 Å². The molecule has 0 bridgehead atoms. The van der Waals surface area contributed by atoms with Crippen molar-refractivity contribution in [3.63, 3.8) is 0 Å². The average molecular weight is 413 g/mol. The molecular formula is C28H48Si. The molecule has 6 aliphatic carbocycles.